The van der Waals surface area contributed by atoms with Gasteiger partial charge in [0.25, 0.3) is 11.8 Å². The van der Waals surface area contributed by atoms with Gasteiger partial charge in [-0.05, 0) is 54.3 Å². The summed E-state index contributed by atoms with van der Waals surface area (Å²) < 4.78 is 6.58. The van der Waals surface area contributed by atoms with Crippen molar-refractivity contribution < 1.29 is 14.0 Å². The van der Waals surface area contributed by atoms with E-state index in [-0.39, 0.29) is 23.4 Å². The lowest BCUT2D eigenvalue weighted by atomic mass is 9.97. The number of amides is 2. The molecule has 0 radical (unpaired) electrons. The first-order valence-corrected chi connectivity index (χ1v) is 14.3. The van der Waals surface area contributed by atoms with Crippen LogP contribution in [-0.4, -0.2) is 33.5 Å². The second-order valence-electron chi connectivity index (χ2n) is 11.2. The lowest BCUT2D eigenvalue weighted by Crippen LogP contribution is -2.30. The van der Waals surface area contributed by atoms with Crippen molar-refractivity contribution in [2.24, 2.45) is 0 Å². The fourth-order valence-corrected chi connectivity index (χ4v) is 7.17. The number of hydrogen-bond acceptors (Lipinski definition) is 5. The second-order valence-corrected chi connectivity index (χ2v) is 14.9. The fraction of sp³-hybridized carbons (Fsp3) is 0.310. The van der Waals surface area contributed by atoms with Crippen molar-refractivity contribution in [3.05, 3.63) is 82.9 Å². The molecule has 2 amide bonds. The smallest absolute Gasteiger partial charge is 0.261 e. The van der Waals surface area contributed by atoms with Gasteiger partial charge in [-0.2, -0.15) is 0 Å². The molecule has 0 aromatic heterocycles. The zero-order valence-corrected chi connectivity index (χ0v) is 23.9. The quantitative estimate of drug-likeness (QED) is 0.296. The number of rotatable bonds is 5. The Balaban J connectivity index is 1.51. The molecule has 0 spiro atoms. The fourth-order valence-electron chi connectivity index (χ4n) is 4.71. The first-order chi connectivity index (χ1) is 17.0. The zero-order chi connectivity index (χ0) is 25.8. The third-order valence-corrected chi connectivity index (χ3v) is 9.76. The van der Waals surface area contributed by atoms with E-state index in [1.807, 2.05) is 12.1 Å². The van der Waals surface area contributed by atoms with Gasteiger partial charge in [0.2, 0.25) is 0 Å². The van der Waals surface area contributed by atoms with Gasteiger partial charge in [0.05, 0.1) is 34.6 Å². The first kappa shape index (κ1) is 24.8. The Morgan fingerprint density at radius 1 is 0.806 bits per heavy atom. The minimum Gasteiger partial charge on any atom is -0.415 e. The van der Waals surface area contributed by atoms with Crippen molar-refractivity contribution in [3.8, 4) is 0 Å². The van der Waals surface area contributed by atoms with Gasteiger partial charge in [0.1, 0.15) is 0 Å². The minimum atomic E-state index is -0.759. The van der Waals surface area contributed by atoms with E-state index in [1.54, 1.807) is 36.0 Å². The third kappa shape index (κ3) is 4.29. The van der Waals surface area contributed by atoms with Crippen LogP contribution in [0.5, 0.6) is 0 Å². The molecule has 0 saturated heterocycles. The second kappa shape index (κ2) is 8.90. The van der Waals surface area contributed by atoms with Crippen molar-refractivity contribution in [2.75, 3.05) is 11.9 Å². The molecule has 0 aliphatic carbocycles. The van der Waals surface area contributed by atoms with E-state index >= 15 is 0 Å². The van der Waals surface area contributed by atoms with Crippen molar-refractivity contribution in [3.63, 3.8) is 0 Å². The Hall–Kier alpha value is -2.87. The number of fused-ring (bicyclic) bond motifs is 3. The van der Waals surface area contributed by atoms with E-state index in [4.69, 9.17) is 4.43 Å². The van der Waals surface area contributed by atoms with E-state index in [2.05, 4.69) is 70.8 Å². The topological polar surface area (TPSA) is 49.9 Å². The summed E-state index contributed by atoms with van der Waals surface area (Å²) in [5.41, 5.74) is 4.86. The average molecular weight is 517 g/mol. The number of benzene rings is 3. The molecular formula is C29H32N2O3SSi. The van der Waals surface area contributed by atoms with Gasteiger partial charge in [-0.1, -0.05) is 68.9 Å². The predicted molar refractivity (Wildman–Crippen MR) is 148 cm³/mol. The molecule has 186 valence electrons. The van der Waals surface area contributed by atoms with Crippen LogP contribution in [0.3, 0.4) is 0 Å². The van der Waals surface area contributed by atoms with Gasteiger partial charge in [0.15, 0.2) is 9.76 Å². The van der Waals surface area contributed by atoms with Crippen LogP contribution in [0, 0.1) is 0 Å². The average Bonchev–Trinajstić information content (AvgIpc) is 3.08. The predicted octanol–water partition coefficient (Wildman–Crippen LogP) is 6.27. The van der Waals surface area contributed by atoms with Gasteiger partial charge in [0, 0.05) is 16.8 Å². The van der Waals surface area contributed by atoms with Gasteiger partial charge >= 0.3 is 0 Å². The molecule has 3 aromatic carbocycles. The summed E-state index contributed by atoms with van der Waals surface area (Å²) in [4.78, 5) is 31.9. The number of carbonyl (C=O) groups is 2. The minimum absolute atomic E-state index is 0.197. The molecule has 0 unspecified atom stereocenters. The van der Waals surface area contributed by atoms with Crippen LogP contribution in [0.2, 0.25) is 5.04 Å². The van der Waals surface area contributed by atoms with Crippen LogP contribution in [0.4, 0.5) is 11.4 Å². The maximum Gasteiger partial charge on any atom is 0.261 e. The molecule has 0 atom stereocenters. The van der Waals surface area contributed by atoms with Gasteiger partial charge < -0.3 is 9.33 Å². The molecule has 2 aliphatic rings. The molecule has 7 heteroatoms. The Morgan fingerprint density at radius 3 is 2.00 bits per heavy atom. The van der Waals surface area contributed by atoms with Crippen LogP contribution >= 0.6 is 11.8 Å². The van der Waals surface area contributed by atoms with Gasteiger partial charge in [-0.25, -0.2) is 0 Å². The van der Waals surface area contributed by atoms with E-state index < -0.39 is 15.4 Å². The first-order valence-electron chi connectivity index (χ1n) is 12.2. The lowest BCUT2D eigenvalue weighted by molar-refractivity contribution is 0.0641. The summed E-state index contributed by atoms with van der Waals surface area (Å²) in [6.07, 6.45) is 0. The van der Waals surface area contributed by atoms with Crippen molar-refractivity contribution in [1.29, 1.82) is 0 Å². The highest BCUT2D eigenvalue weighted by Crippen LogP contribution is 2.52. The molecule has 2 aliphatic heterocycles. The largest absolute Gasteiger partial charge is 0.415 e. The van der Waals surface area contributed by atoms with Crippen LogP contribution < -0.4 is 4.90 Å². The number of anilines is 2. The molecule has 0 fully saturated rings. The summed E-state index contributed by atoms with van der Waals surface area (Å²) >= 11 is 1.71. The van der Waals surface area contributed by atoms with Gasteiger partial charge in [-0.15, -0.1) is 0 Å². The van der Waals surface area contributed by atoms with Crippen molar-refractivity contribution in [2.45, 2.75) is 61.6 Å². The molecule has 0 bridgehead atoms. The Labute approximate surface area is 219 Å². The molecule has 36 heavy (non-hydrogen) atoms. The highest BCUT2D eigenvalue weighted by Gasteiger charge is 2.37. The standard InChI is InChI=1S/C29H32N2O3SSi/c1-28(2,3)36-34-29(4,5)21-14-10-16-23-25(21)35-24-18(11-9-15-22(24)30(23)6)17-31-26(32)19-12-7-8-13-20(19)27(31)33/h7-16H,17,36H2,1-6H3. The van der Waals surface area contributed by atoms with Gasteiger partial charge in [-0.3, -0.25) is 14.5 Å². The van der Waals surface area contributed by atoms with E-state index in [1.165, 1.54) is 4.90 Å². The number of hydrogen-bond donors (Lipinski definition) is 0. The van der Waals surface area contributed by atoms with Crippen LogP contribution in [0.15, 0.2) is 70.5 Å². The van der Waals surface area contributed by atoms with Crippen molar-refractivity contribution >= 4 is 44.7 Å². The molecule has 2 heterocycles. The monoisotopic (exact) mass is 516 g/mol. The lowest BCUT2D eigenvalue weighted by Gasteiger charge is -2.37. The molecule has 3 aromatic rings. The Kier molecular flexibility index (Phi) is 6.13. The maximum absolute atomic E-state index is 13.1. The Morgan fingerprint density at radius 2 is 1.39 bits per heavy atom. The number of carbonyl (C=O) groups excluding carboxylic acids is 2. The third-order valence-electron chi connectivity index (χ3n) is 6.72. The SMILES string of the molecule is CN1c2cccc(CN3C(=O)c4ccccc4C3=O)c2Sc2c1cccc2C(C)(C)O[SiH2]C(C)(C)C. The molecule has 5 nitrogen and oxygen atoms in total. The molecule has 5 rings (SSSR count). The number of imide groups is 1. The summed E-state index contributed by atoms with van der Waals surface area (Å²) in [6, 6.07) is 19.6. The highest BCUT2D eigenvalue weighted by atomic mass is 32.2. The van der Waals surface area contributed by atoms with E-state index in [0.29, 0.717) is 11.1 Å². The van der Waals surface area contributed by atoms with Crippen molar-refractivity contribution in [1.82, 2.24) is 4.90 Å². The molecule has 0 N–H and O–H groups in total. The van der Waals surface area contributed by atoms with Crippen LogP contribution in [-0.2, 0) is 16.6 Å². The highest BCUT2D eigenvalue weighted by molar-refractivity contribution is 7.99. The van der Waals surface area contributed by atoms with Crippen LogP contribution in [0.1, 0.15) is 66.5 Å². The molecular weight excluding hydrogens is 484 g/mol. The summed E-state index contributed by atoms with van der Waals surface area (Å²) in [5.74, 6) is -0.463. The number of nitrogens with zero attached hydrogens (tertiary/aromatic N) is 2. The Bertz CT molecular complexity index is 1340. The van der Waals surface area contributed by atoms with Crippen LogP contribution in [0.25, 0.3) is 0 Å². The summed E-state index contributed by atoms with van der Waals surface area (Å²) in [5, 5.41) is 0.197. The maximum atomic E-state index is 13.1. The summed E-state index contributed by atoms with van der Waals surface area (Å²) in [6.45, 7) is 11.3. The van der Waals surface area contributed by atoms with E-state index in [0.717, 1.165) is 32.3 Å². The summed E-state index contributed by atoms with van der Waals surface area (Å²) in [7, 11) is 1.31. The molecule has 0 saturated carbocycles. The van der Waals surface area contributed by atoms with E-state index in [9.17, 15) is 9.59 Å². The zero-order valence-electron chi connectivity index (χ0n) is 21.7. The normalized spacial score (nSPS) is 15.5.